The smallest absolute Gasteiger partial charge is 0.258 e. The van der Waals surface area contributed by atoms with Crippen molar-refractivity contribution in [3.05, 3.63) is 70.2 Å². The summed E-state index contributed by atoms with van der Waals surface area (Å²) in [6, 6.07) is 8.12. The molecule has 7 heteroatoms. The molecular weight excluding hydrogens is 385 g/mol. The average molecular weight is 405 g/mol. The van der Waals surface area contributed by atoms with Gasteiger partial charge in [-0.2, -0.15) is 0 Å². The maximum absolute atomic E-state index is 13.2. The molecule has 30 heavy (non-hydrogen) atoms. The Bertz CT molecular complexity index is 1230. The molecule has 152 valence electrons. The number of fused-ring (bicyclic) bond motifs is 2. The number of halogens is 1. The lowest BCUT2D eigenvalue weighted by atomic mass is 9.84. The molecule has 0 saturated heterocycles. The summed E-state index contributed by atoms with van der Waals surface area (Å²) in [6.45, 7) is 0.310. The summed E-state index contributed by atoms with van der Waals surface area (Å²) in [5.74, 6) is -1.18. The van der Waals surface area contributed by atoms with Crippen LogP contribution in [0.1, 0.15) is 45.5 Å². The number of aromatic hydroxyl groups is 1. The molecule has 0 unspecified atom stereocenters. The van der Waals surface area contributed by atoms with Crippen molar-refractivity contribution in [3.63, 3.8) is 0 Å². The molecule has 1 saturated carbocycles. The summed E-state index contributed by atoms with van der Waals surface area (Å²) < 4.78 is 13.2. The van der Waals surface area contributed by atoms with Gasteiger partial charge in [-0.1, -0.05) is 12.1 Å². The van der Waals surface area contributed by atoms with E-state index in [4.69, 9.17) is 5.73 Å². The third kappa shape index (κ3) is 2.58. The zero-order chi connectivity index (χ0) is 21.2. The van der Waals surface area contributed by atoms with Crippen molar-refractivity contribution in [2.24, 2.45) is 5.73 Å². The van der Waals surface area contributed by atoms with Gasteiger partial charge in [-0.05, 0) is 59.7 Å². The highest BCUT2D eigenvalue weighted by atomic mass is 19.1. The van der Waals surface area contributed by atoms with Gasteiger partial charge in [0.1, 0.15) is 11.3 Å². The van der Waals surface area contributed by atoms with E-state index in [0.717, 1.165) is 11.1 Å². The van der Waals surface area contributed by atoms with E-state index in [1.165, 1.54) is 17.0 Å². The van der Waals surface area contributed by atoms with E-state index >= 15 is 0 Å². The molecule has 2 amide bonds. The highest BCUT2D eigenvalue weighted by Gasteiger charge is 2.54. The predicted molar refractivity (Wildman–Crippen MR) is 109 cm³/mol. The lowest BCUT2D eigenvalue weighted by Crippen LogP contribution is -2.30. The molecule has 2 heterocycles. The average Bonchev–Trinajstić information content (AvgIpc) is 3.46. The number of amides is 2. The fraction of sp³-hybridized carbons (Fsp3) is 0.261. The Morgan fingerprint density at radius 2 is 1.97 bits per heavy atom. The van der Waals surface area contributed by atoms with Crippen molar-refractivity contribution < 1.29 is 19.1 Å². The van der Waals surface area contributed by atoms with Crippen molar-refractivity contribution >= 4 is 22.7 Å². The van der Waals surface area contributed by atoms with E-state index in [1.54, 1.807) is 25.4 Å². The van der Waals surface area contributed by atoms with Crippen molar-refractivity contribution in [2.45, 2.75) is 31.2 Å². The van der Waals surface area contributed by atoms with Crippen molar-refractivity contribution in [1.29, 1.82) is 0 Å². The minimum absolute atomic E-state index is 0.160. The van der Waals surface area contributed by atoms with Gasteiger partial charge in [0.05, 0.1) is 11.0 Å². The molecule has 0 atom stereocenters. The van der Waals surface area contributed by atoms with Crippen LogP contribution in [-0.2, 0) is 23.2 Å². The van der Waals surface area contributed by atoms with Gasteiger partial charge in [0.25, 0.3) is 5.91 Å². The van der Waals surface area contributed by atoms with Gasteiger partial charge in [0, 0.05) is 25.2 Å². The van der Waals surface area contributed by atoms with Gasteiger partial charge in [0.2, 0.25) is 5.91 Å². The third-order valence-electron chi connectivity index (χ3n) is 6.26. The van der Waals surface area contributed by atoms with Gasteiger partial charge in [-0.15, -0.1) is 0 Å². The van der Waals surface area contributed by atoms with Crippen LogP contribution in [0.5, 0.6) is 5.75 Å². The summed E-state index contributed by atoms with van der Waals surface area (Å²) in [6.07, 6.45) is 3.36. The number of hydrogen-bond acceptors (Lipinski definition) is 4. The Morgan fingerprint density at radius 3 is 2.60 bits per heavy atom. The molecule has 3 N–H and O–H groups in total. The maximum atomic E-state index is 13.2. The summed E-state index contributed by atoms with van der Waals surface area (Å²) in [5, 5.41) is 11.5. The summed E-state index contributed by atoms with van der Waals surface area (Å²) in [4.78, 5) is 31.0. The minimum atomic E-state index is -0.836. The fourth-order valence-corrected chi connectivity index (χ4v) is 4.55. The van der Waals surface area contributed by atoms with Crippen LogP contribution in [0.15, 0.2) is 36.5 Å². The molecule has 0 radical (unpaired) electrons. The number of carbonyl (C=O) groups is 2. The number of nitrogens with two attached hydrogens (primary N) is 1. The Hall–Kier alpha value is -3.48. The third-order valence-corrected chi connectivity index (χ3v) is 6.26. The molecule has 0 spiro atoms. The van der Waals surface area contributed by atoms with Crippen molar-refractivity contribution in [2.75, 3.05) is 7.05 Å². The van der Waals surface area contributed by atoms with E-state index in [9.17, 15) is 19.1 Å². The molecule has 2 aromatic carbocycles. The van der Waals surface area contributed by atoms with E-state index in [0.29, 0.717) is 47.8 Å². The van der Waals surface area contributed by atoms with Crippen molar-refractivity contribution in [1.82, 2.24) is 9.88 Å². The maximum Gasteiger partial charge on any atom is 0.258 e. The zero-order valence-corrected chi connectivity index (χ0v) is 16.4. The molecule has 1 aliphatic carbocycles. The largest absolute Gasteiger partial charge is 0.505 e. The minimum Gasteiger partial charge on any atom is -0.505 e. The zero-order valence-electron chi connectivity index (χ0n) is 16.4. The Labute approximate surface area is 172 Å². The number of phenolic OH excluding ortho intramolecular Hbond substituents is 1. The van der Waals surface area contributed by atoms with Crippen molar-refractivity contribution in [3.8, 4) is 5.75 Å². The molecule has 5 rings (SSSR count). The topological polar surface area (TPSA) is 96.5 Å². The second-order valence-electron chi connectivity index (χ2n) is 8.23. The first-order valence-corrected chi connectivity index (χ1v) is 9.78. The number of primary amides is 1. The monoisotopic (exact) mass is 405 g/mol. The SMILES string of the molecule is CN1Cc2c(c(O)c3ncc(Cc4ccc(F)cc4)cc3c2C2(C(N)=O)CC2)C1=O. The first-order valence-electron chi connectivity index (χ1n) is 9.78. The van der Waals surface area contributed by atoms with E-state index in [-0.39, 0.29) is 23.0 Å². The van der Waals surface area contributed by atoms with E-state index < -0.39 is 11.3 Å². The van der Waals surface area contributed by atoms with Crippen LogP contribution in [0.25, 0.3) is 10.9 Å². The Kier molecular flexibility index (Phi) is 3.87. The van der Waals surface area contributed by atoms with Gasteiger partial charge in [-0.3, -0.25) is 14.6 Å². The van der Waals surface area contributed by atoms with E-state index in [2.05, 4.69) is 4.98 Å². The number of carbonyl (C=O) groups excluding carboxylic acids is 2. The second kappa shape index (κ2) is 6.26. The van der Waals surface area contributed by atoms with Gasteiger partial charge >= 0.3 is 0 Å². The van der Waals surface area contributed by atoms with Crippen LogP contribution in [0, 0.1) is 5.82 Å². The first kappa shape index (κ1) is 18.5. The van der Waals surface area contributed by atoms with Crippen LogP contribution in [0.3, 0.4) is 0 Å². The standard InChI is InChI=1S/C23H20FN3O3/c1-27-11-16-17(21(27)29)20(28)19-15(18(16)23(6-7-23)22(25)30)9-13(10-26-19)8-12-2-4-14(24)5-3-12/h2-5,9-10,28H,6-8,11H2,1H3,(H2,25,30). The molecule has 1 fully saturated rings. The van der Waals surface area contributed by atoms with Crippen LogP contribution >= 0.6 is 0 Å². The normalized spacial score (nSPS) is 16.7. The molecule has 2 aliphatic rings. The predicted octanol–water partition coefficient (Wildman–Crippen LogP) is 2.77. The lowest BCUT2D eigenvalue weighted by molar-refractivity contribution is -0.120. The molecule has 0 bridgehead atoms. The molecular formula is C23H20FN3O3. The summed E-state index contributed by atoms with van der Waals surface area (Å²) >= 11 is 0. The summed E-state index contributed by atoms with van der Waals surface area (Å²) in [5.41, 5.74) is 8.59. The number of nitrogens with zero attached hydrogens (tertiary/aromatic N) is 2. The van der Waals surface area contributed by atoms with E-state index in [1.807, 2.05) is 6.07 Å². The quantitative estimate of drug-likeness (QED) is 0.698. The highest BCUT2D eigenvalue weighted by molar-refractivity contribution is 6.09. The van der Waals surface area contributed by atoms with Gasteiger partial charge < -0.3 is 15.7 Å². The first-order chi connectivity index (χ1) is 14.3. The number of phenols is 1. The van der Waals surface area contributed by atoms with Crippen LogP contribution in [0.4, 0.5) is 4.39 Å². The number of aromatic nitrogens is 1. The number of benzene rings is 2. The molecule has 6 nitrogen and oxygen atoms in total. The Balaban J connectivity index is 1.74. The molecule has 3 aromatic rings. The highest BCUT2D eigenvalue weighted by Crippen LogP contribution is 2.54. The lowest BCUT2D eigenvalue weighted by Gasteiger charge is -2.20. The summed E-state index contributed by atoms with van der Waals surface area (Å²) in [7, 11) is 1.66. The second-order valence-corrected chi connectivity index (χ2v) is 8.23. The number of pyridine rings is 1. The van der Waals surface area contributed by atoms with Crippen LogP contribution in [-0.4, -0.2) is 33.9 Å². The molecule has 1 aliphatic heterocycles. The van der Waals surface area contributed by atoms with Gasteiger partial charge in [0.15, 0.2) is 5.75 Å². The van der Waals surface area contributed by atoms with Gasteiger partial charge in [-0.25, -0.2) is 4.39 Å². The fourth-order valence-electron chi connectivity index (χ4n) is 4.55. The Morgan fingerprint density at radius 1 is 1.27 bits per heavy atom. The van der Waals surface area contributed by atoms with Crippen LogP contribution in [0.2, 0.25) is 0 Å². The number of hydrogen-bond donors (Lipinski definition) is 2. The van der Waals surface area contributed by atoms with Crippen LogP contribution < -0.4 is 5.73 Å². The molecule has 1 aromatic heterocycles. The number of rotatable bonds is 4.